The fourth-order valence-electron chi connectivity index (χ4n) is 1.64. The summed E-state index contributed by atoms with van der Waals surface area (Å²) in [6.07, 6.45) is 9.19. The molecule has 0 aliphatic carbocycles. The normalized spacial score (nSPS) is 12.1. The average Bonchev–Trinajstić information content (AvgIpc) is 2.78. The Morgan fingerprint density at radius 3 is 3.12 bits per heavy atom. The molecule has 1 unspecified atom stereocenters. The van der Waals surface area contributed by atoms with Gasteiger partial charge in [0.05, 0.1) is 6.04 Å². The zero-order valence-electron chi connectivity index (χ0n) is 9.87. The number of nitrogens with one attached hydrogen (secondary N) is 1. The molecule has 0 amide bonds. The van der Waals surface area contributed by atoms with Crippen LogP contribution in [0.1, 0.15) is 18.5 Å². The number of aromatic nitrogens is 3. The van der Waals surface area contributed by atoms with Crippen molar-refractivity contribution in [2.24, 2.45) is 0 Å². The minimum atomic E-state index is 0.176. The van der Waals surface area contributed by atoms with E-state index in [1.807, 2.05) is 35.2 Å². The minimum Gasteiger partial charge on any atom is -0.349 e. The molecule has 0 bridgehead atoms. The topological polar surface area (TPSA) is 42.7 Å². The van der Waals surface area contributed by atoms with Crippen molar-refractivity contribution in [3.05, 3.63) is 55.1 Å². The van der Waals surface area contributed by atoms with Crippen LogP contribution in [0.4, 0.5) is 5.95 Å². The molecule has 1 atom stereocenters. The van der Waals surface area contributed by atoms with Crippen molar-refractivity contribution in [1.29, 1.82) is 0 Å². The highest BCUT2D eigenvalue weighted by atomic mass is 15.2. The zero-order valence-corrected chi connectivity index (χ0v) is 9.87. The van der Waals surface area contributed by atoms with Crippen LogP contribution >= 0.6 is 0 Å². The summed E-state index contributed by atoms with van der Waals surface area (Å²) in [6, 6.07) is 4.16. The fourth-order valence-corrected chi connectivity index (χ4v) is 1.64. The second-order valence-corrected chi connectivity index (χ2v) is 3.84. The summed E-state index contributed by atoms with van der Waals surface area (Å²) in [6.45, 7) is 6.57. The Morgan fingerprint density at radius 2 is 2.41 bits per heavy atom. The van der Waals surface area contributed by atoms with Gasteiger partial charge in [-0.15, -0.1) is 6.58 Å². The number of hydrogen-bond donors (Lipinski definition) is 1. The lowest BCUT2D eigenvalue weighted by Crippen LogP contribution is -2.11. The van der Waals surface area contributed by atoms with E-state index in [1.54, 1.807) is 12.4 Å². The van der Waals surface area contributed by atoms with Gasteiger partial charge in [0.15, 0.2) is 0 Å². The molecule has 4 nitrogen and oxygen atoms in total. The average molecular weight is 228 g/mol. The van der Waals surface area contributed by atoms with E-state index < -0.39 is 0 Å². The maximum absolute atomic E-state index is 4.28. The van der Waals surface area contributed by atoms with Crippen LogP contribution in [0.2, 0.25) is 0 Å². The molecule has 0 saturated heterocycles. The molecule has 2 aromatic heterocycles. The highest BCUT2D eigenvalue weighted by Gasteiger charge is 2.08. The molecule has 0 spiro atoms. The number of imidazole rings is 1. The van der Waals surface area contributed by atoms with Crippen molar-refractivity contribution in [1.82, 2.24) is 14.5 Å². The maximum atomic E-state index is 4.28. The molecule has 2 aromatic rings. The van der Waals surface area contributed by atoms with Crippen LogP contribution in [0.15, 0.2) is 49.6 Å². The van der Waals surface area contributed by atoms with E-state index in [2.05, 4.69) is 28.8 Å². The summed E-state index contributed by atoms with van der Waals surface area (Å²) in [5, 5.41) is 3.36. The number of anilines is 1. The summed E-state index contributed by atoms with van der Waals surface area (Å²) in [7, 11) is 0. The lowest BCUT2D eigenvalue weighted by molar-refractivity contribution is 0.782. The van der Waals surface area contributed by atoms with Gasteiger partial charge in [-0.2, -0.15) is 0 Å². The Hall–Kier alpha value is -2.10. The van der Waals surface area contributed by atoms with Gasteiger partial charge < -0.3 is 9.88 Å². The van der Waals surface area contributed by atoms with Gasteiger partial charge in [-0.25, -0.2) is 4.98 Å². The second kappa shape index (κ2) is 5.30. The van der Waals surface area contributed by atoms with Crippen molar-refractivity contribution in [2.45, 2.75) is 19.5 Å². The van der Waals surface area contributed by atoms with E-state index >= 15 is 0 Å². The van der Waals surface area contributed by atoms with Gasteiger partial charge in [-0.1, -0.05) is 12.1 Å². The first-order valence-corrected chi connectivity index (χ1v) is 5.59. The predicted octanol–water partition coefficient (Wildman–Crippen LogP) is 2.64. The fraction of sp³-hybridized carbons (Fsp3) is 0.231. The lowest BCUT2D eigenvalue weighted by atomic mass is 10.1. The standard InChI is InChI=1S/C13H16N4/c1-3-8-17-9-7-15-13(17)16-11(2)12-5-4-6-14-10-12/h3-7,9-11H,1,8H2,2H3,(H,15,16). The van der Waals surface area contributed by atoms with Crippen LogP contribution in [0.5, 0.6) is 0 Å². The van der Waals surface area contributed by atoms with Gasteiger partial charge in [0.25, 0.3) is 0 Å². The molecule has 0 aromatic carbocycles. The summed E-state index contributed by atoms with van der Waals surface area (Å²) in [5.74, 6) is 0.848. The monoisotopic (exact) mass is 228 g/mol. The molecule has 0 aliphatic rings. The predicted molar refractivity (Wildman–Crippen MR) is 68.7 cm³/mol. The largest absolute Gasteiger partial charge is 0.349 e. The molecule has 88 valence electrons. The molecule has 0 aliphatic heterocycles. The Bertz CT molecular complexity index is 475. The molecule has 0 radical (unpaired) electrons. The van der Waals surface area contributed by atoms with Crippen LogP contribution in [-0.2, 0) is 6.54 Å². The molecule has 0 saturated carbocycles. The van der Waals surface area contributed by atoms with Crippen LogP contribution in [0.25, 0.3) is 0 Å². The number of hydrogen-bond acceptors (Lipinski definition) is 3. The highest BCUT2D eigenvalue weighted by molar-refractivity contribution is 5.31. The van der Waals surface area contributed by atoms with E-state index in [1.165, 1.54) is 0 Å². The van der Waals surface area contributed by atoms with Crippen molar-refractivity contribution in [3.8, 4) is 0 Å². The smallest absolute Gasteiger partial charge is 0.203 e. The highest BCUT2D eigenvalue weighted by Crippen LogP contribution is 2.16. The second-order valence-electron chi connectivity index (χ2n) is 3.84. The summed E-state index contributed by atoms with van der Waals surface area (Å²) < 4.78 is 2.01. The van der Waals surface area contributed by atoms with Gasteiger partial charge in [0.2, 0.25) is 5.95 Å². The Kier molecular flexibility index (Phi) is 3.55. The number of allylic oxidation sites excluding steroid dienone is 1. The van der Waals surface area contributed by atoms with Crippen LogP contribution < -0.4 is 5.32 Å². The molecule has 0 fully saturated rings. The first-order valence-electron chi connectivity index (χ1n) is 5.59. The lowest BCUT2D eigenvalue weighted by Gasteiger charge is -2.15. The van der Waals surface area contributed by atoms with Crippen molar-refractivity contribution in [3.63, 3.8) is 0 Å². The van der Waals surface area contributed by atoms with Gasteiger partial charge in [0.1, 0.15) is 0 Å². The van der Waals surface area contributed by atoms with Crippen molar-refractivity contribution >= 4 is 5.95 Å². The summed E-state index contributed by atoms with van der Waals surface area (Å²) in [5.41, 5.74) is 1.14. The molecular weight excluding hydrogens is 212 g/mol. The molecule has 2 heterocycles. The Morgan fingerprint density at radius 1 is 1.53 bits per heavy atom. The summed E-state index contributed by atoms with van der Waals surface area (Å²) >= 11 is 0. The van der Waals surface area contributed by atoms with E-state index in [4.69, 9.17) is 0 Å². The zero-order chi connectivity index (χ0) is 12.1. The Balaban J connectivity index is 2.10. The maximum Gasteiger partial charge on any atom is 0.203 e. The number of pyridine rings is 1. The first kappa shape index (κ1) is 11.4. The van der Waals surface area contributed by atoms with Crippen LogP contribution in [0, 0.1) is 0 Å². The van der Waals surface area contributed by atoms with Gasteiger partial charge in [-0.3, -0.25) is 4.98 Å². The molecule has 4 heteroatoms. The van der Waals surface area contributed by atoms with Crippen LogP contribution in [-0.4, -0.2) is 14.5 Å². The van der Waals surface area contributed by atoms with Crippen LogP contribution in [0.3, 0.4) is 0 Å². The van der Waals surface area contributed by atoms with Gasteiger partial charge in [-0.05, 0) is 18.6 Å². The van der Waals surface area contributed by atoms with Gasteiger partial charge in [0, 0.05) is 31.3 Å². The molecule has 17 heavy (non-hydrogen) atoms. The van der Waals surface area contributed by atoms with Crippen molar-refractivity contribution < 1.29 is 0 Å². The third kappa shape index (κ3) is 2.72. The Labute approximate surface area is 101 Å². The molecule has 1 N–H and O–H groups in total. The third-order valence-corrected chi connectivity index (χ3v) is 2.57. The SMILES string of the molecule is C=CCn1ccnc1NC(C)c1cccnc1. The van der Waals surface area contributed by atoms with E-state index in [-0.39, 0.29) is 6.04 Å². The minimum absolute atomic E-state index is 0.176. The summed E-state index contributed by atoms with van der Waals surface area (Å²) in [4.78, 5) is 8.39. The van der Waals surface area contributed by atoms with Crippen molar-refractivity contribution in [2.75, 3.05) is 5.32 Å². The molecule has 2 rings (SSSR count). The van der Waals surface area contributed by atoms with E-state index in [0.717, 1.165) is 18.1 Å². The number of rotatable bonds is 5. The first-order chi connectivity index (χ1) is 8.31. The van der Waals surface area contributed by atoms with E-state index in [9.17, 15) is 0 Å². The van der Waals surface area contributed by atoms with Gasteiger partial charge >= 0.3 is 0 Å². The quantitative estimate of drug-likeness (QED) is 0.800. The number of nitrogens with zero attached hydrogens (tertiary/aromatic N) is 3. The van der Waals surface area contributed by atoms with E-state index in [0.29, 0.717) is 0 Å². The molecular formula is C13H16N4. The third-order valence-electron chi connectivity index (χ3n) is 2.57.